The van der Waals surface area contributed by atoms with E-state index < -0.39 is 0 Å². The number of nitrogens with zero attached hydrogens (tertiary/aromatic N) is 1. The average Bonchev–Trinajstić information content (AvgIpc) is 2.79. The summed E-state index contributed by atoms with van der Waals surface area (Å²) in [5, 5.41) is 6.47. The molecule has 0 bridgehead atoms. The average molecular weight is 253 g/mol. The molecule has 4 heteroatoms. The van der Waals surface area contributed by atoms with Crippen LogP contribution in [0.3, 0.4) is 0 Å². The quantitative estimate of drug-likeness (QED) is 0.771. The van der Waals surface area contributed by atoms with E-state index in [-0.39, 0.29) is 5.91 Å². The van der Waals surface area contributed by atoms with E-state index in [1.165, 1.54) is 25.8 Å². The highest BCUT2D eigenvalue weighted by molar-refractivity contribution is 5.78. The van der Waals surface area contributed by atoms with Crippen molar-refractivity contribution in [2.45, 2.75) is 64.1 Å². The Morgan fingerprint density at radius 1 is 1.33 bits per heavy atom. The maximum Gasteiger partial charge on any atom is 0.234 e. The summed E-state index contributed by atoms with van der Waals surface area (Å²) in [6.45, 7) is 7.09. The molecule has 2 N–H and O–H groups in total. The largest absolute Gasteiger partial charge is 0.351 e. The molecule has 0 aromatic carbocycles. The molecule has 3 atom stereocenters. The zero-order valence-corrected chi connectivity index (χ0v) is 11.7. The maximum atomic E-state index is 11.9. The Balaban J connectivity index is 1.74. The Labute approximate surface area is 110 Å². The van der Waals surface area contributed by atoms with E-state index in [1.54, 1.807) is 0 Å². The first kappa shape index (κ1) is 13.8. The topological polar surface area (TPSA) is 44.4 Å². The van der Waals surface area contributed by atoms with Crippen molar-refractivity contribution in [3.05, 3.63) is 0 Å². The summed E-state index contributed by atoms with van der Waals surface area (Å²) >= 11 is 0. The normalized spacial score (nSPS) is 29.9. The zero-order valence-electron chi connectivity index (χ0n) is 11.7. The van der Waals surface area contributed by atoms with Crippen LogP contribution >= 0.6 is 0 Å². The summed E-state index contributed by atoms with van der Waals surface area (Å²) in [5.74, 6) is 0.160. The Kier molecular flexibility index (Phi) is 5.01. The molecule has 2 rings (SSSR count). The molecule has 0 aliphatic carbocycles. The third kappa shape index (κ3) is 3.45. The molecule has 0 aromatic rings. The van der Waals surface area contributed by atoms with Crippen molar-refractivity contribution in [2.24, 2.45) is 0 Å². The van der Waals surface area contributed by atoms with Crippen molar-refractivity contribution in [2.75, 3.05) is 19.6 Å². The predicted octanol–water partition coefficient (Wildman–Crippen LogP) is 1.12. The van der Waals surface area contributed by atoms with Crippen molar-refractivity contribution in [1.82, 2.24) is 15.5 Å². The van der Waals surface area contributed by atoms with Crippen molar-refractivity contribution in [1.29, 1.82) is 0 Å². The van der Waals surface area contributed by atoms with Crippen LogP contribution in [0.5, 0.6) is 0 Å². The number of amides is 1. The molecule has 0 radical (unpaired) electrons. The van der Waals surface area contributed by atoms with Gasteiger partial charge in [0.15, 0.2) is 0 Å². The van der Waals surface area contributed by atoms with Crippen molar-refractivity contribution < 1.29 is 4.79 Å². The van der Waals surface area contributed by atoms with E-state index >= 15 is 0 Å². The number of carbonyl (C=O) groups is 1. The lowest BCUT2D eigenvalue weighted by Gasteiger charge is -2.32. The second-order valence-corrected chi connectivity index (χ2v) is 5.75. The highest BCUT2D eigenvalue weighted by atomic mass is 16.2. The van der Waals surface area contributed by atoms with E-state index in [1.807, 2.05) is 0 Å². The molecule has 18 heavy (non-hydrogen) atoms. The van der Waals surface area contributed by atoms with Gasteiger partial charge in [0.2, 0.25) is 5.91 Å². The van der Waals surface area contributed by atoms with Gasteiger partial charge in [-0.2, -0.15) is 0 Å². The summed E-state index contributed by atoms with van der Waals surface area (Å²) in [4.78, 5) is 14.5. The minimum Gasteiger partial charge on any atom is -0.351 e. The molecule has 3 unspecified atom stereocenters. The minimum absolute atomic E-state index is 0.160. The number of carbonyl (C=O) groups excluding carboxylic acids is 1. The Hall–Kier alpha value is -0.610. The number of hydrogen-bond donors (Lipinski definition) is 2. The molecule has 2 heterocycles. The van der Waals surface area contributed by atoms with E-state index in [0.29, 0.717) is 24.7 Å². The molecule has 2 aliphatic rings. The van der Waals surface area contributed by atoms with Crippen LogP contribution in [0.1, 0.15) is 46.0 Å². The molecule has 0 spiro atoms. The SMILES string of the molecule is CCC(C)NCC(=O)NC1CCN2CCCCC12. The van der Waals surface area contributed by atoms with Crippen LogP contribution in [0.15, 0.2) is 0 Å². The van der Waals surface area contributed by atoms with Gasteiger partial charge < -0.3 is 10.6 Å². The number of fused-ring (bicyclic) bond motifs is 1. The van der Waals surface area contributed by atoms with Gasteiger partial charge in [-0.25, -0.2) is 0 Å². The highest BCUT2D eigenvalue weighted by Crippen LogP contribution is 2.26. The zero-order chi connectivity index (χ0) is 13.0. The van der Waals surface area contributed by atoms with Crippen LogP contribution in [0.4, 0.5) is 0 Å². The lowest BCUT2D eigenvalue weighted by Crippen LogP contribution is -2.49. The van der Waals surface area contributed by atoms with Crippen LogP contribution in [0.25, 0.3) is 0 Å². The van der Waals surface area contributed by atoms with Gasteiger partial charge in [0.05, 0.1) is 6.54 Å². The second-order valence-electron chi connectivity index (χ2n) is 5.75. The fourth-order valence-electron chi connectivity index (χ4n) is 3.08. The Morgan fingerprint density at radius 3 is 2.94 bits per heavy atom. The molecular weight excluding hydrogens is 226 g/mol. The van der Waals surface area contributed by atoms with E-state index in [0.717, 1.165) is 19.4 Å². The van der Waals surface area contributed by atoms with Gasteiger partial charge in [-0.15, -0.1) is 0 Å². The molecule has 0 aromatic heterocycles. The molecule has 2 saturated heterocycles. The lowest BCUT2D eigenvalue weighted by molar-refractivity contribution is -0.121. The molecular formula is C14H27N3O. The number of hydrogen-bond acceptors (Lipinski definition) is 3. The van der Waals surface area contributed by atoms with Crippen LogP contribution in [-0.2, 0) is 4.79 Å². The van der Waals surface area contributed by atoms with E-state index in [9.17, 15) is 4.79 Å². The number of rotatable bonds is 5. The molecule has 0 saturated carbocycles. The van der Waals surface area contributed by atoms with Crippen LogP contribution in [0, 0.1) is 0 Å². The van der Waals surface area contributed by atoms with Gasteiger partial charge in [-0.1, -0.05) is 13.3 Å². The van der Waals surface area contributed by atoms with Gasteiger partial charge in [-0.05, 0) is 39.2 Å². The fraction of sp³-hybridized carbons (Fsp3) is 0.929. The van der Waals surface area contributed by atoms with Gasteiger partial charge in [-0.3, -0.25) is 9.69 Å². The lowest BCUT2D eigenvalue weighted by atomic mass is 9.99. The number of nitrogens with one attached hydrogen (secondary N) is 2. The van der Waals surface area contributed by atoms with Crippen LogP contribution < -0.4 is 10.6 Å². The molecule has 4 nitrogen and oxygen atoms in total. The summed E-state index contributed by atoms with van der Waals surface area (Å²) in [7, 11) is 0. The van der Waals surface area contributed by atoms with Gasteiger partial charge in [0, 0.05) is 24.7 Å². The van der Waals surface area contributed by atoms with Crippen molar-refractivity contribution in [3.63, 3.8) is 0 Å². The van der Waals surface area contributed by atoms with Crippen LogP contribution in [0.2, 0.25) is 0 Å². The van der Waals surface area contributed by atoms with E-state index in [2.05, 4.69) is 29.4 Å². The van der Waals surface area contributed by atoms with Gasteiger partial charge in [0.1, 0.15) is 0 Å². The monoisotopic (exact) mass is 253 g/mol. The summed E-state index contributed by atoms with van der Waals surface area (Å²) in [5.41, 5.74) is 0. The summed E-state index contributed by atoms with van der Waals surface area (Å²) in [6, 6.07) is 1.41. The molecule has 1 amide bonds. The summed E-state index contributed by atoms with van der Waals surface area (Å²) < 4.78 is 0. The number of piperidine rings is 1. The molecule has 2 fully saturated rings. The second kappa shape index (κ2) is 6.53. The van der Waals surface area contributed by atoms with Gasteiger partial charge >= 0.3 is 0 Å². The van der Waals surface area contributed by atoms with E-state index in [4.69, 9.17) is 0 Å². The highest BCUT2D eigenvalue weighted by Gasteiger charge is 2.35. The van der Waals surface area contributed by atoms with Crippen molar-refractivity contribution in [3.8, 4) is 0 Å². The Bertz CT molecular complexity index is 282. The predicted molar refractivity (Wildman–Crippen MR) is 73.5 cm³/mol. The third-order valence-electron chi connectivity index (χ3n) is 4.43. The first-order chi connectivity index (χ1) is 8.70. The van der Waals surface area contributed by atoms with Crippen LogP contribution in [-0.4, -0.2) is 48.6 Å². The molecule has 104 valence electrons. The fourth-order valence-corrected chi connectivity index (χ4v) is 3.08. The first-order valence-corrected chi connectivity index (χ1v) is 7.47. The Morgan fingerprint density at radius 2 is 2.17 bits per heavy atom. The van der Waals surface area contributed by atoms with Crippen molar-refractivity contribution >= 4 is 5.91 Å². The smallest absolute Gasteiger partial charge is 0.234 e. The molecule has 2 aliphatic heterocycles. The maximum absolute atomic E-state index is 11.9. The summed E-state index contributed by atoms with van der Waals surface area (Å²) in [6.07, 6.45) is 6.09. The first-order valence-electron chi connectivity index (χ1n) is 7.47. The minimum atomic E-state index is 0.160. The standard InChI is InChI=1S/C14H27N3O/c1-3-11(2)15-10-14(18)16-12-7-9-17-8-5-4-6-13(12)17/h11-13,15H,3-10H2,1-2H3,(H,16,18). The third-order valence-corrected chi connectivity index (χ3v) is 4.43. The van der Waals surface area contributed by atoms with Gasteiger partial charge in [0.25, 0.3) is 0 Å².